The van der Waals surface area contributed by atoms with Gasteiger partial charge in [-0.05, 0) is 54.8 Å². The molecule has 4 aromatic rings. The summed E-state index contributed by atoms with van der Waals surface area (Å²) in [5, 5.41) is 2.99. The number of amides is 2. The van der Waals surface area contributed by atoms with Crippen LogP contribution in [0.5, 0.6) is 5.75 Å². The maximum Gasteiger partial charge on any atom is 0.287 e. The lowest BCUT2D eigenvalue weighted by atomic mass is 10.0. The van der Waals surface area contributed by atoms with Gasteiger partial charge in [0.2, 0.25) is 0 Å². The Morgan fingerprint density at radius 1 is 1.00 bits per heavy atom. The molecule has 3 aromatic carbocycles. The highest BCUT2D eigenvalue weighted by molar-refractivity contribution is 5.95. The van der Waals surface area contributed by atoms with Crippen LogP contribution in [0.15, 0.2) is 78.9 Å². The molecule has 1 heterocycles. The Kier molecular flexibility index (Phi) is 7.45. The van der Waals surface area contributed by atoms with Crippen molar-refractivity contribution in [3.63, 3.8) is 0 Å². The highest BCUT2D eigenvalue weighted by Gasteiger charge is 2.22. The number of benzene rings is 3. The van der Waals surface area contributed by atoms with Gasteiger partial charge in [0, 0.05) is 32.2 Å². The van der Waals surface area contributed by atoms with Crippen LogP contribution < -0.4 is 10.1 Å². The molecule has 1 N–H and O–H groups in total. The molecule has 180 valence electrons. The van der Waals surface area contributed by atoms with Crippen molar-refractivity contribution in [1.29, 1.82) is 0 Å². The molecule has 7 heteroatoms. The Hall–Kier alpha value is -4.13. The van der Waals surface area contributed by atoms with Gasteiger partial charge < -0.3 is 19.5 Å². The smallest absolute Gasteiger partial charge is 0.287 e. The van der Waals surface area contributed by atoms with E-state index in [0.717, 1.165) is 16.6 Å². The topological polar surface area (TPSA) is 76.5 Å². The van der Waals surface area contributed by atoms with E-state index >= 15 is 0 Å². The van der Waals surface area contributed by atoms with E-state index < -0.39 is 0 Å². The van der Waals surface area contributed by atoms with E-state index in [0.29, 0.717) is 36.5 Å². The van der Waals surface area contributed by atoms with Crippen molar-refractivity contribution in [1.82, 2.24) is 19.8 Å². The maximum absolute atomic E-state index is 13.2. The molecule has 0 radical (unpaired) electrons. The predicted molar refractivity (Wildman–Crippen MR) is 137 cm³/mol. The minimum atomic E-state index is -0.230. The SMILES string of the molecule is COc1ccc(C(=O)N(C)[C@H](CCNC(=O)c2nc3ccccc3n2C)Cc2ccccc2)cc1. The lowest BCUT2D eigenvalue weighted by Gasteiger charge is -2.29. The molecule has 0 aliphatic carbocycles. The summed E-state index contributed by atoms with van der Waals surface area (Å²) in [6.45, 7) is 0.416. The van der Waals surface area contributed by atoms with E-state index in [1.54, 1.807) is 40.8 Å². The van der Waals surface area contributed by atoms with E-state index in [2.05, 4.69) is 22.4 Å². The van der Waals surface area contributed by atoms with Gasteiger partial charge >= 0.3 is 0 Å². The van der Waals surface area contributed by atoms with E-state index in [4.69, 9.17) is 4.74 Å². The molecule has 0 saturated heterocycles. The van der Waals surface area contributed by atoms with Gasteiger partial charge in [-0.25, -0.2) is 4.98 Å². The van der Waals surface area contributed by atoms with Gasteiger partial charge in [0.05, 0.1) is 18.1 Å². The van der Waals surface area contributed by atoms with Crippen LogP contribution in [0.2, 0.25) is 0 Å². The van der Waals surface area contributed by atoms with Gasteiger partial charge in [-0.1, -0.05) is 42.5 Å². The molecule has 0 fully saturated rings. The van der Waals surface area contributed by atoms with Crippen LogP contribution in [-0.4, -0.2) is 53.0 Å². The van der Waals surface area contributed by atoms with Crippen LogP contribution in [-0.2, 0) is 13.5 Å². The van der Waals surface area contributed by atoms with Crippen LogP contribution in [0.1, 0.15) is 33.0 Å². The van der Waals surface area contributed by atoms with Crippen LogP contribution >= 0.6 is 0 Å². The van der Waals surface area contributed by atoms with Crippen LogP contribution in [0.4, 0.5) is 0 Å². The Labute approximate surface area is 205 Å². The molecule has 7 nitrogen and oxygen atoms in total. The van der Waals surface area contributed by atoms with Gasteiger partial charge in [-0.3, -0.25) is 9.59 Å². The maximum atomic E-state index is 13.2. The zero-order valence-corrected chi connectivity index (χ0v) is 20.3. The van der Waals surface area contributed by atoms with Crippen molar-refractivity contribution < 1.29 is 14.3 Å². The minimum absolute atomic E-state index is 0.0738. The highest BCUT2D eigenvalue weighted by Crippen LogP contribution is 2.18. The molecule has 0 saturated carbocycles. The lowest BCUT2D eigenvalue weighted by Crippen LogP contribution is -2.41. The predicted octanol–water partition coefficient (Wildman–Crippen LogP) is 4.09. The Morgan fingerprint density at radius 2 is 1.69 bits per heavy atom. The first-order chi connectivity index (χ1) is 17.0. The molecule has 35 heavy (non-hydrogen) atoms. The summed E-state index contributed by atoms with van der Waals surface area (Å²) in [5.41, 5.74) is 3.42. The van der Waals surface area contributed by atoms with Crippen molar-refractivity contribution >= 4 is 22.8 Å². The molecule has 2 amide bonds. The van der Waals surface area contributed by atoms with Gasteiger partial charge in [-0.2, -0.15) is 0 Å². The van der Waals surface area contributed by atoms with Gasteiger partial charge in [0.1, 0.15) is 5.75 Å². The number of rotatable bonds is 9. The second kappa shape index (κ2) is 10.9. The summed E-state index contributed by atoms with van der Waals surface area (Å²) in [7, 11) is 5.25. The number of hydrogen-bond donors (Lipinski definition) is 1. The third-order valence-corrected chi connectivity index (χ3v) is 6.27. The second-order valence-corrected chi connectivity index (χ2v) is 8.52. The summed E-state index contributed by atoms with van der Waals surface area (Å²) in [5.74, 6) is 0.768. The largest absolute Gasteiger partial charge is 0.497 e. The van der Waals surface area contributed by atoms with E-state index in [-0.39, 0.29) is 17.9 Å². The molecule has 0 aliphatic rings. The van der Waals surface area contributed by atoms with Crippen molar-refractivity contribution in [2.24, 2.45) is 7.05 Å². The quantitative estimate of drug-likeness (QED) is 0.400. The van der Waals surface area contributed by atoms with E-state index in [9.17, 15) is 9.59 Å². The molecule has 0 spiro atoms. The summed E-state index contributed by atoms with van der Waals surface area (Å²) in [6, 6.07) is 24.7. The van der Waals surface area contributed by atoms with Crippen molar-refractivity contribution in [3.8, 4) is 5.75 Å². The number of fused-ring (bicyclic) bond motifs is 1. The number of likely N-dealkylation sites (N-methyl/N-ethyl adjacent to an activating group) is 1. The highest BCUT2D eigenvalue weighted by atomic mass is 16.5. The van der Waals surface area contributed by atoms with Crippen molar-refractivity contribution in [2.45, 2.75) is 18.9 Å². The number of carbonyl (C=O) groups excluding carboxylic acids is 2. The van der Waals surface area contributed by atoms with Crippen molar-refractivity contribution in [3.05, 3.63) is 95.8 Å². The van der Waals surface area contributed by atoms with Gasteiger partial charge in [0.25, 0.3) is 11.8 Å². The fourth-order valence-corrected chi connectivity index (χ4v) is 4.20. The van der Waals surface area contributed by atoms with Gasteiger partial charge in [-0.15, -0.1) is 0 Å². The molecule has 0 aliphatic heterocycles. The number of nitrogens with one attached hydrogen (secondary N) is 1. The third kappa shape index (κ3) is 5.51. The lowest BCUT2D eigenvalue weighted by molar-refractivity contribution is 0.0722. The average Bonchev–Trinajstić information content (AvgIpc) is 3.24. The van der Waals surface area contributed by atoms with E-state index in [1.807, 2.05) is 56.6 Å². The Bertz CT molecular complexity index is 1300. The molecule has 1 atom stereocenters. The second-order valence-electron chi connectivity index (χ2n) is 8.52. The number of aromatic nitrogens is 2. The van der Waals surface area contributed by atoms with Crippen LogP contribution in [0.3, 0.4) is 0 Å². The monoisotopic (exact) mass is 470 g/mol. The standard InChI is InChI=1S/C28H30N4O3/c1-31(28(34)21-13-15-23(35-3)16-14-21)22(19-20-9-5-4-6-10-20)17-18-29-27(33)26-30-24-11-7-8-12-25(24)32(26)2/h4-16,22H,17-19H2,1-3H3,(H,29,33)/t22-/m1/s1. The summed E-state index contributed by atoms with van der Waals surface area (Å²) >= 11 is 0. The fraction of sp³-hybridized carbons (Fsp3) is 0.250. The molecular formula is C28H30N4O3. The number of methoxy groups -OCH3 is 1. The molecule has 4 rings (SSSR count). The number of aryl methyl sites for hydroxylation is 1. The summed E-state index contributed by atoms with van der Waals surface area (Å²) in [4.78, 5) is 32.3. The van der Waals surface area contributed by atoms with Gasteiger partial charge in [0.15, 0.2) is 5.82 Å². The third-order valence-electron chi connectivity index (χ3n) is 6.27. The number of para-hydroxylation sites is 2. The van der Waals surface area contributed by atoms with Crippen LogP contribution in [0.25, 0.3) is 11.0 Å². The summed E-state index contributed by atoms with van der Waals surface area (Å²) in [6.07, 6.45) is 1.28. The average molecular weight is 471 g/mol. The number of ether oxygens (including phenoxy) is 1. The van der Waals surface area contributed by atoms with Crippen molar-refractivity contribution in [2.75, 3.05) is 20.7 Å². The number of imidazole rings is 1. The molecule has 0 unspecified atom stereocenters. The van der Waals surface area contributed by atoms with E-state index in [1.165, 1.54) is 0 Å². The Balaban J connectivity index is 1.46. The summed E-state index contributed by atoms with van der Waals surface area (Å²) < 4.78 is 7.00. The number of hydrogen-bond acceptors (Lipinski definition) is 4. The zero-order valence-electron chi connectivity index (χ0n) is 20.3. The number of carbonyl (C=O) groups is 2. The normalized spacial score (nSPS) is 11.7. The minimum Gasteiger partial charge on any atom is -0.497 e. The zero-order chi connectivity index (χ0) is 24.8. The first kappa shape index (κ1) is 24.0. The fourth-order valence-electron chi connectivity index (χ4n) is 4.20. The molecule has 1 aromatic heterocycles. The first-order valence-corrected chi connectivity index (χ1v) is 11.6. The molecular weight excluding hydrogens is 440 g/mol. The van der Waals surface area contributed by atoms with Crippen LogP contribution in [0, 0.1) is 0 Å². The molecule has 0 bridgehead atoms. The number of nitrogens with zero attached hydrogens (tertiary/aromatic N) is 3. The Morgan fingerprint density at radius 3 is 2.37 bits per heavy atom. The first-order valence-electron chi connectivity index (χ1n) is 11.6.